The second-order valence-electron chi connectivity index (χ2n) is 6.38. The molecule has 2 atom stereocenters. The van der Waals surface area contributed by atoms with Crippen molar-refractivity contribution >= 4 is 15.9 Å². The van der Waals surface area contributed by atoms with Crippen molar-refractivity contribution in [2.24, 2.45) is 0 Å². The summed E-state index contributed by atoms with van der Waals surface area (Å²) in [7, 11) is 0. The zero-order valence-electron chi connectivity index (χ0n) is 12.3. The third kappa shape index (κ3) is 3.41. The van der Waals surface area contributed by atoms with Gasteiger partial charge in [-0.05, 0) is 45.1 Å². The third-order valence-corrected chi connectivity index (χ3v) is 5.56. The highest BCUT2D eigenvalue weighted by molar-refractivity contribution is 9.09. The highest BCUT2D eigenvalue weighted by atomic mass is 79.9. The van der Waals surface area contributed by atoms with Gasteiger partial charge in [-0.3, -0.25) is 0 Å². The Labute approximate surface area is 125 Å². The second kappa shape index (κ2) is 5.97. The van der Waals surface area contributed by atoms with E-state index in [0.29, 0.717) is 6.10 Å². The lowest BCUT2D eigenvalue weighted by Gasteiger charge is -2.34. The van der Waals surface area contributed by atoms with Gasteiger partial charge in [-0.2, -0.15) is 0 Å². The van der Waals surface area contributed by atoms with E-state index < -0.39 is 0 Å². The number of alkyl halides is 1. The largest absolute Gasteiger partial charge is 0.372 e. The van der Waals surface area contributed by atoms with Crippen LogP contribution >= 0.6 is 15.9 Å². The molecule has 0 spiro atoms. The van der Waals surface area contributed by atoms with Crippen molar-refractivity contribution in [3.05, 3.63) is 35.9 Å². The molecule has 2 heteroatoms. The van der Waals surface area contributed by atoms with Gasteiger partial charge >= 0.3 is 0 Å². The average molecular weight is 325 g/mol. The lowest BCUT2D eigenvalue weighted by molar-refractivity contribution is -0.0264. The molecule has 2 rings (SSSR count). The number of halogens is 1. The maximum atomic E-state index is 6.21. The van der Waals surface area contributed by atoms with Gasteiger partial charge in [-0.1, -0.05) is 53.2 Å². The van der Waals surface area contributed by atoms with Crippen LogP contribution in [0.3, 0.4) is 0 Å². The molecule has 19 heavy (non-hydrogen) atoms. The molecule has 1 nitrogen and oxygen atoms in total. The minimum Gasteiger partial charge on any atom is -0.372 e. The fourth-order valence-corrected chi connectivity index (χ4v) is 4.09. The topological polar surface area (TPSA) is 9.23 Å². The molecule has 0 aliphatic carbocycles. The first-order valence-corrected chi connectivity index (χ1v) is 8.43. The third-order valence-electron chi connectivity index (χ3n) is 4.49. The molecule has 1 heterocycles. The highest BCUT2D eigenvalue weighted by Gasteiger charge is 2.38. The number of hydrogen-bond donors (Lipinski definition) is 0. The molecule has 1 aromatic carbocycles. The van der Waals surface area contributed by atoms with Crippen molar-refractivity contribution in [2.45, 2.75) is 63.6 Å². The number of rotatable bonds is 5. The van der Waals surface area contributed by atoms with Gasteiger partial charge in [0.25, 0.3) is 0 Å². The molecule has 1 aliphatic rings. The summed E-state index contributed by atoms with van der Waals surface area (Å²) in [5.41, 5.74) is 1.70. The zero-order chi connectivity index (χ0) is 13.9. The molecule has 0 amide bonds. The number of ether oxygens (including phenoxy) is 1. The Morgan fingerprint density at radius 2 is 2.00 bits per heavy atom. The molecule has 0 bridgehead atoms. The van der Waals surface area contributed by atoms with E-state index in [1.54, 1.807) is 0 Å². The van der Waals surface area contributed by atoms with Crippen LogP contribution in [0.25, 0.3) is 0 Å². The van der Waals surface area contributed by atoms with Crippen LogP contribution in [0.1, 0.15) is 52.0 Å². The summed E-state index contributed by atoms with van der Waals surface area (Å²) in [6, 6.07) is 10.9. The van der Waals surface area contributed by atoms with Crippen LogP contribution in [0.4, 0.5) is 0 Å². The summed E-state index contributed by atoms with van der Waals surface area (Å²) in [5, 5.41) is 1.00. The van der Waals surface area contributed by atoms with Gasteiger partial charge in [0, 0.05) is 10.7 Å². The molecular weight excluding hydrogens is 300 g/mol. The van der Waals surface area contributed by atoms with Crippen molar-refractivity contribution in [3.63, 3.8) is 0 Å². The van der Waals surface area contributed by atoms with Crippen LogP contribution in [-0.4, -0.2) is 17.0 Å². The molecule has 0 aromatic heterocycles. The van der Waals surface area contributed by atoms with E-state index in [2.05, 4.69) is 67.0 Å². The molecular formula is C17H25BrO. The van der Waals surface area contributed by atoms with Gasteiger partial charge in [-0.25, -0.2) is 0 Å². The first kappa shape index (κ1) is 15.1. The number of hydrogen-bond acceptors (Lipinski definition) is 1. The van der Waals surface area contributed by atoms with Crippen molar-refractivity contribution in [1.82, 2.24) is 0 Å². The molecule has 1 aliphatic heterocycles. The van der Waals surface area contributed by atoms with Crippen LogP contribution in [-0.2, 0) is 10.2 Å². The Bertz CT molecular complexity index is 395. The smallest absolute Gasteiger partial charge is 0.0631 e. The predicted octanol–water partition coefficient (Wildman–Crippen LogP) is 5.08. The summed E-state index contributed by atoms with van der Waals surface area (Å²) < 4.78 is 6.21. The lowest BCUT2D eigenvalue weighted by atomic mass is 9.75. The van der Waals surface area contributed by atoms with Gasteiger partial charge in [0.2, 0.25) is 0 Å². The maximum Gasteiger partial charge on any atom is 0.0631 e. The first-order valence-electron chi connectivity index (χ1n) is 7.31. The van der Waals surface area contributed by atoms with Crippen LogP contribution in [0.2, 0.25) is 0 Å². The Balaban J connectivity index is 2.17. The van der Waals surface area contributed by atoms with Crippen molar-refractivity contribution in [1.29, 1.82) is 0 Å². The molecule has 0 radical (unpaired) electrons. The summed E-state index contributed by atoms with van der Waals surface area (Å²) in [6.07, 6.45) is 5.01. The van der Waals surface area contributed by atoms with Crippen LogP contribution in [0.5, 0.6) is 0 Å². The second-order valence-corrected chi connectivity index (χ2v) is 6.94. The van der Waals surface area contributed by atoms with E-state index >= 15 is 0 Å². The van der Waals surface area contributed by atoms with Crippen LogP contribution in [0.15, 0.2) is 30.3 Å². The van der Waals surface area contributed by atoms with Crippen molar-refractivity contribution in [3.8, 4) is 0 Å². The molecule has 2 unspecified atom stereocenters. The fraction of sp³-hybridized carbons (Fsp3) is 0.647. The summed E-state index contributed by atoms with van der Waals surface area (Å²) in [6.45, 7) is 6.70. The Morgan fingerprint density at radius 1 is 1.32 bits per heavy atom. The molecule has 1 aromatic rings. The van der Waals surface area contributed by atoms with E-state index in [-0.39, 0.29) is 11.0 Å². The molecule has 0 saturated carbocycles. The SMILES string of the molecule is CCC(CBr)(CC1CCC(C)(C)O1)c1ccccc1. The van der Waals surface area contributed by atoms with E-state index in [9.17, 15) is 0 Å². The predicted molar refractivity (Wildman–Crippen MR) is 85.0 cm³/mol. The van der Waals surface area contributed by atoms with Gasteiger partial charge in [0.15, 0.2) is 0 Å². The zero-order valence-corrected chi connectivity index (χ0v) is 13.9. The Hall–Kier alpha value is -0.340. The van der Waals surface area contributed by atoms with Crippen molar-refractivity contribution < 1.29 is 4.74 Å². The Kier molecular flexibility index (Phi) is 4.73. The average Bonchev–Trinajstić information content (AvgIpc) is 2.76. The minimum absolute atomic E-state index is 0.0626. The van der Waals surface area contributed by atoms with E-state index in [1.165, 1.54) is 18.4 Å². The summed E-state index contributed by atoms with van der Waals surface area (Å²) in [4.78, 5) is 0. The van der Waals surface area contributed by atoms with E-state index in [1.807, 2.05) is 0 Å². The number of benzene rings is 1. The quantitative estimate of drug-likeness (QED) is 0.686. The fourth-order valence-electron chi connectivity index (χ4n) is 3.14. The Morgan fingerprint density at radius 3 is 2.47 bits per heavy atom. The molecule has 106 valence electrons. The highest BCUT2D eigenvalue weighted by Crippen LogP contribution is 2.40. The van der Waals surface area contributed by atoms with Gasteiger partial charge < -0.3 is 4.74 Å². The van der Waals surface area contributed by atoms with E-state index in [4.69, 9.17) is 4.74 Å². The van der Waals surface area contributed by atoms with Crippen LogP contribution in [0, 0.1) is 0 Å². The lowest BCUT2D eigenvalue weighted by Crippen LogP contribution is -2.33. The molecule has 0 N–H and O–H groups in total. The molecule has 1 fully saturated rings. The monoisotopic (exact) mass is 324 g/mol. The standard InChI is InChI=1S/C17H25BrO/c1-4-17(13-18,14-8-6-5-7-9-14)12-15-10-11-16(2,3)19-15/h5-9,15H,4,10-13H2,1-3H3. The summed E-state index contributed by atoms with van der Waals surface area (Å²) >= 11 is 3.75. The normalized spacial score (nSPS) is 25.2. The van der Waals surface area contributed by atoms with Gasteiger partial charge in [-0.15, -0.1) is 0 Å². The van der Waals surface area contributed by atoms with Crippen molar-refractivity contribution in [2.75, 3.05) is 5.33 Å². The van der Waals surface area contributed by atoms with Crippen LogP contribution < -0.4 is 0 Å². The first-order chi connectivity index (χ1) is 9.01. The maximum absolute atomic E-state index is 6.21. The van der Waals surface area contributed by atoms with E-state index in [0.717, 1.165) is 18.2 Å². The summed E-state index contributed by atoms with van der Waals surface area (Å²) in [5.74, 6) is 0. The van der Waals surface area contributed by atoms with Gasteiger partial charge in [0.05, 0.1) is 11.7 Å². The molecule has 1 saturated heterocycles. The van der Waals surface area contributed by atoms with Gasteiger partial charge in [0.1, 0.15) is 0 Å². The minimum atomic E-state index is 0.0626.